The Kier molecular flexibility index (Phi) is 1.87. The average molecular weight is 156 g/mol. The van der Waals surface area contributed by atoms with Gasteiger partial charge < -0.3 is 15.3 Å². The van der Waals surface area contributed by atoms with Crippen molar-refractivity contribution in [2.24, 2.45) is 5.92 Å². The lowest BCUT2D eigenvalue weighted by Crippen LogP contribution is -2.47. The fourth-order valence-corrected chi connectivity index (χ4v) is 2.27. The van der Waals surface area contributed by atoms with E-state index in [2.05, 4.69) is 17.3 Å². The number of hydrogen-bond donors (Lipinski definition) is 2. The zero-order chi connectivity index (χ0) is 7.84. The molecule has 0 aliphatic carbocycles. The molecule has 2 fully saturated rings. The molecule has 2 aliphatic rings. The third-order valence-corrected chi connectivity index (χ3v) is 2.89. The standard InChI is InChI=1S/C8H16N2O/c1-10-4-6-7(5-10)9-3-2-8(6)11/h6-9,11H,2-5H2,1H3. The van der Waals surface area contributed by atoms with Crippen LogP contribution in [0.2, 0.25) is 0 Å². The van der Waals surface area contributed by atoms with Crippen molar-refractivity contribution in [1.82, 2.24) is 10.2 Å². The van der Waals surface area contributed by atoms with E-state index in [-0.39, 0.29) is 6.10 Å². The van der Waals surface area contributed by atoms with Crippen LogP contribution in [0, 0.1) is 5.92 Å². The van der Waals surface area contributed by atoms with Crippen LogP contribution in [-0.4, -0.2) is 48.8 Å². The van der Waals surface area contributed by atoms with Gasteiger partial charge in [0.05, 0.1) is 6.10 Å². The van der Waals surface area contributed by atoms with Gasteiger partial charge in [0.1, 0.15) is 0 Å². The normalized spacial score (nSPS) is 45.8. The molecule has 0 bridgehead atoms. The molecule has 2 N–H and O–H groups in total. The van der Waals surface area contributed by atoms with Crippen molar-refractivity contribution in [3.63, 3.8) is 0 Å². The van der Waals surface area contributed by atoms with Crippen LogP contribution < -0.4 is 5.32 Å². The van der Waals surface area contributed by atoms with Crippen molar-refractivity contribution in [3.8, 4) is 0 Å². The molecular weight excluding hydrogens is 140 g/mol. The van der Waals surface area contributed by atoms with Gasteiger partial charge in [-0.2, -0.15) is 0 Å². The van der Waals surface area contributed by atoms with Crippen molar-refractivity contribution in [3.05, 3.63) is 0 Å². The summed E-state index contributed by atoms with van der Waals surface area (Å²) < 4.78 is 0. The zero-order valence-corrected chi connectivity index (χ0v) is 6.95. The summed E-state index contributed by atoms with van der Waals surface area (Å²) in [6.45, 7) is 3.14. The Labute approximate surface area is 67.4 Å². The van der Waals surface area contributed by atoms with E-state index in [4.69, 9.17) is 0 Å². The van der Waals surface area contributed by atoms with E-state index in [0.717, 1.165) is 26.1 Å². The van der Waals surface area contributed by atoms with Gasteiger partial charge in [-0.15, -0.1) is 0 Å². The molecule has 2 rings (SSSR count). The first-order valence-electron chi connectivity index (χ1n) is 4.37. The topological polar surface area (TPSA) is 35.5 Å². The molecule has 0 aromatic heterocycles. The SMILES string of the molecule is CN1CC2NCCC(O)C2C1. The number of fused-ring (bicyclic) bond motifs is 1. The van der Waals surface area contributed by atoms with Crippen LogP contribution in [0.5, 0.6) is 0 Å². The Hall–Kier alpha value is -0.120. The minimum absolute atomic E-state index is 0.0637. The van der Waals surface area contributed by atoms with Gasteiger partial charge in [-0.25, -0.2) is 0 Å². The molecule has 2 saturated heterocycles. The first kappa shape index (κ1) is 7.53. The van der Waals surface area contributed by atoms with E-state index in [1.807, 2.05) is 0 Å². The van der Waals surface area contributed by atoms with Gasteiger partial charge in [0, 0.05) is 25.0 Å². The number of piperidine rings is 1. The number of rotatable bonds is 0. The molecule has 0 spiro atoms. The highest BCUT2D eigenvalue weighted by Gasteiger charge is 2.37. The van der Waals surface area contributed by atoms with Crippen LogP contribution >= 0.6 is 0 Å². The average Bonchev–Trinajstić information content (AvgIpc) is 2.31. The Morgan fingerprint density at radius 3 is 3.00 bits per heavy atom. The Bertz CT molecular complexity index is 151. The van der Waals surface area contributed by atoms with Gasteiger partial charge in [0.25, 0.3) is 0 Å². The third-order valence-electron chi connectivity index (χ3n) is 2.89. The quantitative estimate of drug-likeness (QED) is 0.485. The lowest BCUT2D eigenvalue weighted by molar-refractivity contribution is 0.0702. The van der Waals surface area contributed by atoms with Crippen molar-refractivity contribution in [1.29, 1.82) is 0 Å². The van der Waals surface area contributed by atoms with Gasteiger partial charge >= 0.3 is 0 Å². The largest absolute Gasteiger partial charge is 0.393 e. The molecule has 0 aromatic carbocycles. The second-order valence-corrected chi connectivity index (χ2v) is 3.80. The Morgan fingerprint density at radius 2 is 2.27 bits per heavy atom. The van der Waals surface area contributed by atoms with Crippen LogP contribution in [0.15, 0.2) is 0 Å². The summed E-state index contributed by atoms with van der Waals surface area (Å²) in [5, 5.41) is 13.1. The maximum Gasteiger partial charge on any atom is 0.0608 e. The predicted octanol–water partition coefficient (Wildman–Crippen LogP) is -0.729. The summed E-state index contributed by atoms with van der Waals surface area (Å²) in [7, 11) is 2.12. The molecular formula is C8H16N2O. The molecule has 3 unspecified atom stereocenters. The predicted molar refractivity (Wildman–Crippen MR) is 43.4 cm³/mol. The molecule has 3 heteroatoms. The first-order chi connectivity index (χ1) is 5.27. The molecule has 0 amide bonds. The van der Waals surface area contributed by atoms with Crippen molar-refractivity contribution in [2.45, 2.75) is 18.6 Å². The van der Waals surface area contributed by atoms with Gasteiger partial charge in [0.15, 0.2) is 0 Å². The fraction of sp³-hybridized carbons (Fsp3) is 1.00. The Morgan fingerprint density at radius 1 is 1.45 bits per heavy atom. The molecule has 64 valence electrons. The summed E-state index contributed by atoms with van der Waals surface area (Å²) in [6, 6.07) is 0.545. The minimum Gasteiger partial charge on any atom is -0.393 e. The minimum atomic E-state index is -0.0637. The lowest BCUT2D eigenvalue weighted by Gasteiger charge is -2.30. The van der Waals surface area contributed by atoms with Gasteiger partial charge in [0.2, 0.25) is 0 Å². The molecule has 11 heavy (non-hydrogen) atoms. The molecule has 0 saturated carbocycles. The summed E-state index contributed by atoms with van der Waals surface area (Å²) >= 11 is 0. The summed E-state index contributed by atoms with van der Waals surface area (Å²) in [5.41, 5.74) is 0. The first-order valence-corrected chi connectivity index (χ1v) is 4.37. The number of nitrogens with zero attached hydrogens (tertiary/aromatic N) is 1. The van der Waals surface area contributed by atoms with Crippen molar-refractivity contribution < 1.29 is 5.11 Å². The smallest absolute Gasteiger partial charge is 0.0608 e. The van der Waals surface area contributed by atoms with E-state index in [1.165, 1.54) is 0 Å². The van der Waals surface area contributed by atoms with Gasteiger partial charge in [-0.1, -0.05) is 0 Å². The van der Waals surface area contributed by atoms with Crippen molar-refractivity contribution in [2.75, 3.05) is 26.7 Å². The number of hydrogen-bond acceptors (Lipinski definition) is 3. The van der Waals surface area contributed by atoms with E-state index < -0.39 is 0 Å². The Balaban J connectivity index is 2.03. The number of aliphatic hydroxyl groups excluding tert-OH is 1. The fourth-order valence-electron chi connectivity index (χ4n) is 2.27. The number of nitrogens with one attached hydrogen (secondary N) is 1. The summed E-state index contributed by atoms with van der Waals surface area (Å²) in [5.74, 6) is 0.480. The molecule has 3 atom stereocenters. The third kappa shape index (κ3) is 1.28. The highest BCUT2D eigenvalue weighted by Crippen LogP contribution is 2.23. The number of likely N-dealkylation sites (N-methyl/N-ethyl adjacent to an activating group) is 1. The van der Waals surface area contributed by atoms with Crippen LogP contribution in [0.3, 0.4) is 0 Å². The van der Waals surface area contributed by atoms with E-state index in [9.17, 15) is 5.11 Å². The lowest BCUT2D eigenvalue weighted by atomic mass is 9.91. The van der Waals surface area contributed by atoms with E-state index >= 15 is 0 Å². The van der Waals surface area contributed by atoms with E-state index in [0.29, 0.717) is 12.0 Å². The van der Waals surface area contributed by atoms with Gasteiger partial charge in [-0.3, -0.25) is 0 Å². The second-order valence-electron chi connectivity index (χ2n) is 3.80. The van der Waals surface area contributed by atoms with Gasteiger partial charge in [-0.05, 0) is 20.0 Å². The summed E-state index contributed by atoms with van der Waals surface area (Å²) in [4.78, 5) is 2.29. The molecule has 2 heterocycles. The summed E-state index contributed by atoms with van der Waals surface area (Å²) in [6.07, 6.45) is 0.862. The zero-order valence-electron chi connectivity index (χ0n) is 6.95. The van der Waals surface area contributed by atoms with Crippen LogP contribution in [0.1, 0.15) is 6.42 Å². The number of aliphatic hydroxyl groups is 1. The molecule has 2 aliphatic heterocycles. The monoisotopic (exact) mass is 156 g/mol. The highest BCUT2D eigenvalue weighted by atomic mass is 16.3. The van der Waals surface area contributed by atoms with Crippen LogP contribution in [0.4, 0.5) is 0 Å². The van der Waals surface area contributed by atoms with Crippen molar-refractivity contribution >= 4 is 0 Å². The maximum absolute atomic E-state index is 9.63. The highest BCUT2D eigenvalue weighted by molar-refractivity contribution is 4.94. The van der Waals surface area contributed by atoms with Crippen LogP contribution in [-0.2, 0) is 0 Å². The van der Waals surface area contributed by atoms with E-state index in [1.54, 1.807) is 0 Å². The molecule has 0 radical (unpaired) electrons. The molecule has 0 aromatic rings. The number of likely N-dealkylation sites (tertiary alicyclic amines) is 1. The molecule has 3 nitrogen and oxygen atoms in total. The second kappa shape index (κ2) is 2.73. The van der Waals surface area contributed by atoms with Crippen LogP contribution in [0.25, 0.3) is 0 Å². The maximum atomic E-state index is 9.63.